The van der Waals surface area contributed by atoms with E-state index in [0.29, 0.717) is 11.8 Å². The summed E-state index contributed by atoms with van der Waals surface area (Å²) in [6, 6.07) is 8.25. The van der Waals surface area contributed by atoms with Crippen LogP contribution >= 0.6 is 0 Å². The second-order valence-corrected chi connectivity index (χ2v) is 4.68. The van der Waals surface area contributed by atoms with Crippen molar-refractivity contribution in [2.75, 3.05) is 12.8 Å². The zero-order chi connectivity index (χ0) is 12.5. The van der Waals surface area contributed by atoms with E-state index < -0.39 is 0 Å². The van der Waals surface area contributed by atoms with Gasteiger partial charge in [0.25, 0.3) is 0 Å². The highest BCUT2D eigenvalue weighted by Gasteiger charge is 2.25. The van der Waals surface area contributed by atoms with Gasteiger partial charge < -0.3 is 15.0 Å². The minimum Gasteiger partial charge on any atom is -0.497 e. The highest BCUT2D eigenvalue weighted by molar-refractivity contribution is 5.43. The first-order chi connectivity index (χ1) is 8.78. The highest BCUT2D eigenvalue weighted by Crippen LogP contribution is 2.35. The number of nitrogens with zero attached hydrogens (tertiary/aromatic N) is 1. The van der Waals surface area contributed by atoms with Crippen LogP contribution < -0.4 is 10.5 Å². The second-order valence-electron chi connectivity index (χ2n) is 4.68. The number of anilines is 1. The molecule has 0 bridgehead atoms. The largest absolute Gasteiger partial charge is 0.497 e. The Labute approximate surface area is 106 Å². The number of aryl methyl sites for hydroxylation is 1. The van der Waals surface area contributed by atoms with Gasteiger partial charge in [-0.3, -0.25) is 0 Å². The van der Waals surface area contributed by atoms with E-state index in [1.54, 1.807) is 7.11 Å². The minimum absolute atomic E-state index is 0.475. The summed E-state index contributed by atoms with van der Waals surface area (Å²) >= 11 is 0. The van der Waals surface area contributed by atoms with Crippen molar-refractivity contribution in [3.05, 3.63) is 41.1 Å². The normalized spacial score (nSPS) is 18.4. The lowest BCUT2D eigenvalue weighted by Gasteiger charge is -2.21. The smallest absolute Gasteiger partial charge is 0.225 e. The SMILES string of the molecule is COc1ccc(C2CCc3noc(N)c3C2)cc1. The van der Waals surface area contributed by atoms with Crippen LogP contribution in [-0.2, 0) is 12.8 Å². The van der Waals surface area contributed by atoms with E-state index in [0.717, 1.165) is 36.3 Å². The lowest BCUT2D eigenvalue weighted by Crippen LogP contribution is -2.12. The molecule has 1 heterocycles. The molecule has 1 unspecified atom stereocenters. The summed E-state index contributed by atoms with van der Waals surface area (Å²) < 4.78 is 10.2. The molecule has 0 radical (unpaired) electrons. The quantitative estimate of drug-likeness (QED) is 0.881. The number of nitrogen functional groups attached to an aromatic ring is 1. The van der Waals surface area contributed by atoms with E-state index >= 15 is 0 Å². The molecule has 4 heteroatoms. The van der Waals surface area contributed by atoms with Gasteiger partial charge in [0, 0.05) is 5.56 Å². The van der Waals surface area contributed by atoms with Gasteiger partial charge in [-0.1, -0.05) is 17.3 Å². The molecule has 1 aliphatic carbocycles. The van der Waals surface area contributed by atoms with Gasteiger partial charge in [-0.05, 0) is 42.9 Å². The van der Waals surface area contributed by atoms with E-state index in [-0.39, 0.29) is 0 Å². The number of rotatable bonds is 2. The lowest BCUT2D eigenvalue weighted by atomic mass is 9.83. The standard InChI is InChI=1S/C14H16N2O2/c1-17-11-5-2-9(3-6-11)10-4-7-13-12(8-10)14(15)18-16-13/h2-3,5-6,10H,4,7-8,15H2,1H3. The van der Waals surface area contributed by atoms with Gasteiger partial charge in [-0.2, -0.15) is 0 Å². The predicted molar refractivity (Wildman–Crippen MR) is 68.7 cm³/mol. The fourth-order valence-corrected chi connectivity index (χ4v) is 2.59. The Morgan fingerprint density at radius 1 is 1.33 bits per heavy atom. The zero-order valence-electron chi connectivity index (χ0n) is 10.3. The van der Waals surface area contributed by atoms with Crippen molar-refractivity contribution in [1.29, 1.82) is 0 Å². The molecule has 2 aromatic rings. The Kier molecular flexibility index (Phi) is 2.70. The molecule has 18 heavy (non-hydrogen) atoms. The third-order valence-electron chi connectivity index (χ3n) is 3.67. The van der Waals surface area contributed by atoms with E-state index in [4.69, 9.17) is 15.0 Å². The summed E-state index contributed by atoms with van der Waals surface area (Å²) in [5.74, 6) is 1.85. The number of aromatic nitrogens is 1. The van der Waals surface area contributed by atoms with Gasteiger partial charge in [0.15, 0.2) is 0 Å². The monoisotopic (exact) mass is 244 g/mol. The Bertz CT molecular complexity index is 545. The number of fused-ring (bicyclic) bond motifs is 1. The maximum absolute atomic E-state index is 5.80. The minimum atomic E-state index is 0.475. The maximum atomic E-state index is 5.80. The molecule has 1 aliphatic rings. The van der Waals surface area contributed by atoms with Gasteiger partial charge >= 0.3 is 0 Å². The molecule has 0 spiro atoms. The van der Waals surface area contributed by atoms with Crippen LogP contribution in [0.2, 0.25) is 0 Å². The molecule has 1 atom stereocenters. The summed E-state index contributed by atoms with van der Waals surface area (Å²) in [5, 5.41) is 3.99. The van der Waals surface area contributed by atoms with Crippen molar-refractivity contribution in [3.63, 3.8) is 0 Å². The first kappa shape index (κ1) is 11.1. The van der Waals surface area contributed by atoms with Crippen LogP contribution in [0.4, 0.5) is 5.88 Å². The van der Waals surface area contributed by atoms with Crippen molar-refractivity contribution >= 4 is 5.88 Å². The van der Waals surface area contributed by atoms with Crippen molar-refractivity contribution in [2.45, 2.75) is 25.2 Å². The zero-order valence-corrected chi connectivity index (χ0v) is 10.3. The van der Waals surface area contributed by atoms with E-state index in [9.17, 15) is 0 Å². The molecule has 2 N–H and O–H groups in total. The average molecular weight is 244 g/mol. The summed E-state index contributed by atoms with van der Waals surface area (Å²) in [5.41, 5.74) is 9.23. The molecule has 0 aliphatic heterocycles. The third-order valence-corrected chi connectivity index (χ3v) is 3.67. The molecule has 0 fully saturated rings. The molecular weight excluding hydrogens is 228 g/mol. The maximum Gasteiger partial charge on any atom is 0.225 e. The Hall–Kier alpha value is -1.97. The van der Waals surface area contributed by atoms with E-state index in [1.165, 1.54) is 5.56 Å². The third kappa shape index (κ3) is 1.83. The summed E-state index contributed by atoms with van der Waals surface area (Å²) in [7, 11) is 1.68. The molecule has 3 rings (SSSR count). The number of hydrogen-bond acceptors (Lipinski definition) is 4. The van der Waals surface area contributed by atoms with Gasteiger partial charge in [0.1, 0.15) is 5.75 Å². The summed E-state index contributed by atoms with van der Waals surface area (Å²) in [6.45, 7) is 0. The Balaban J connectivity index is 1.84. The molecular formula is C14H16N2O2. The number of nitrogens with two attached hydrogens (primary N) is 1. The predicted octanol–water partition coefficient (Wildman–Crippen LogP) is 2.54. The first-order valence-corrected chi connectivity index (χ1v) is 6.14. The van der Waals surface area contributed by atoms with Gasteiger partial charge in [0.2, 0.25) is 5.88 Å². The topological polar surface area (TPSA) is 61.3 Å². The molecule has 0 saturated heterocycles. The van der Waals surface area contributed by atoms with Crippen LogP contribution in [-0.4, -0.2) is 12.3 Å². The second kappa shape index (κ2) is 4.37. The molecule has 0 amide bonds. The van der Waals surface area contributed by atoms with Crippen LogP contribution in [0.1, 0.15) is 29.2 Å². The van der Waals surface area contributed by atoms with E-state index in [1.807, 2.05) is 12.1 Å². The fourth-order valence-electron chi connectivity index (χ4n) is 2.59. The number of ether oxygens (including phenoxy) is 1. The van der Waals surface area contributed by atoms with Gasteiger partial charge in [0.05, 0.1) is 12.8 Å². The number of methoxy groups -OCH3 is 1. The van der Waals surface area contributed by atoms with Gasteiger partial charge in [-0.25, -0.2) is 0 Å². The van der Waals surface area contributed by atoms with Crippen molar-refractivity contribution in [2.24, 2.45) is 0 Å². The summed E-state index contributed by atoms with van der Waals surface area (Å²) in [4.78, 5) is 0. The van der Waals surface area contributed by atoms with Crippen molar-refractivity contribution < 1.29 is 9.26 Å². The fraction of sp³-hybridized carbons (Fsp3) is 0.357. The molecule has 94 valence electrons. The molecule has 4 nitrogen and oxygen atoms in total. The summed E-state index contributed by atoms with van der Waals surface area (Å²) in [6.07, 6.45) is 2.94. The van der Waals surface area contributed by atoms with Crippen LogP contribution in [0, 0.1) is 0 Å². The molecule has 1 aromatic carbocycles. The van der Waals surface area contributed by atoms with Crippen molar-refractivity contribution in [1.82, 2.24) is 5.16 Å². The van der Waals surface area contributed by atoms with Crippen molar-refractivity contribution in [3.8, 4) is 5.75 Å². The molecule has 0 saturated carbocycles. The van der Waals surface area contributed by atoms with Crippen LogP contribution in [0.15, 0.2) is 28.8 Å². The van der Waals surface area contributed by atoms with Gasteiger partial charge in [-0.15, -0.1) is 0 Å². The van der Waals surface area contributed by atoms with Crippen LogP contribution in [0.5, 0.6) is 5.75 Å². The lowest BCUT2D eigenvalue weighted by molar-refractivity contribution is 0.414. The average Bonchev–Trinajstić information content (AvgIpc) is 2.80. The van der Waals surface area contributed by atoms with Crippen LogP contribution in [0.3, 0.4) is 0 Å². The molecule has 1 aromatic heterocycles. The Morgan fingerprint density at radius 3 is 2.83 bits per heavy atom. The number of benzene rings is 1. The first-order valence-electron chi connectivity index (χ1n) is 6.14. The Morgan fingerprint density at radius 2 is 2.11 bits per heavy atom. The number of hydrogen-bond donors (Lipinski definition) is 1. The van der Waals surface area contributed by atoms with E-state index in [2.05, 4.69) is 17.3 Å². The highest BCUT2D eigenvalue weighted by atomic mass is 16.5. The van der Waals surface area contributed by atoms with Crippen LogP contribution in [0.25, 0.3) is 0 Å².